The van der Waals surface area contributed by atoms with E-state index < -0.39 is 0 Å². The molecule has 0 aromatic carbocycles. The number of likely N-dealkylation sites (tertiary alicyclic amines) is 1. The summed E-state index contributed by atoms with van der Waals surface area (Å²) in [5.41, 5.74) is 4.72. The van der Waals surface area contributed by atoms with E-state index >= 15 is 0 Å². The van der Waals surface area contributed by atoms with Gasteiger partial charge in [-0.05, 0) is 45.7 Å². The van der Waals surface area contributed by atoms with Crippen LogP contribution in [0.4, 0.5) is 0 Å². The van der Waals surface area contributed by atoms with Crippen molar-refractivity contribution in [1.29, 1.82) is 5.26 Å². The van der Waals surface area contributed by atoms with Crippen LogP contribution in [0.3, 0.4) is 0 Å². The Balaban J connectivity index is 1.95. The Morgan fingerprint density at radius 3 is 2.62 bits per heavy atom. The van der Waals surface area contributed by atoms with Crippen LogP contribution in [0.1, 0.15) is 57.6 Å². The first-order valence-electron chi connectivity index (χ1n) is 8.13. The number of aromatic nitrogens is 3. The molecule has 0 aliphatic carbocycles. The van der Waals surface area contributed by atoms with Crippen LogP contribution in [-0.2, 0) is 7.05 Å². The van der Waals surface area contributed by atoms with Gasteiger partial charge in [0.15, 0.2) is 0 Å². The molecule has 2 aromatic heterocycles. The predicted molar refractivity (Wildman–Crippen MR) is 89.4 cm³/mol. The number of rotatable bonds is 2. The summed E-state index contributed by atoms with van der Waals surface area (Å²) in [5, 5.41) is 13.5. The maximum atomic E-state index is 13.0. The molecule has 0 spiro atoms. The smallest absolute Gasteiger partial charge is 0.272 e. The van der Waals surface area contributed by atoms with Gasteiger partial charge in [0.05, 0.1) is 23.0 Å². The summed E-state index contributed by atoms with van der Waals surface area (Å²) >= 11 is 0. The van der Waals surface area contributed by atoms with E-state index in [2.05, 4.69) is 16.2 Å². The van der Waals surface area contributed by atoms with Crippen LogP contribution >= 0.6 is 0 Å². The minimum Gasteiger partial charge on any atom is -0.330 e. The van der Waals surface area contributed by atoms with Gasteiger partial charge in [-0.3, -0.25) is 9.48 Å². The van der Waals surface area contributed by atoms with Gasteiger partial charge in [0.1, 0.15) is 11.8 Å². The molecule has 124 valence electrons. The third-order valence-electron chi connectivity index (χ3n) is 4.84. The van der Waals surface area contributed by atoms with Crippen molar-refractivity contribution in [3.63, 3.8) is 0 Å². The lowest BCUT2D eigenvalue weighted by Crippen LogP contribution is -2.31. The Bertz CT molecular complexity index is 846. The Labute approximate surface area is 141 Å². The van der Waals surface area contributed by atoms with Crippen LogP contribution in [-0.4, -0.2) is 32.1 Å². The zero-order valence-electron chi connectivity index (χ0n) is 14.5. The van der Waals surface area contributed by atoms with Crippen molar-refractivity contribution in [2.24, 2.45) is 7.05 Å². The molecule has 1 aliphatic heterocycles. The third kappa shape index (κ3) is 2.56. The second-order valence-electron chi connectivity index (χ2n) is 6.31. The molecule has 1 saturated heterocycles. The van der Waals surface area contributed by atoms with Gasteiger partial charge >= 0.3 is 0 Å². The zero-order chi connectivity index (χ0) is 17.4. The highest BCUT2D eigenvalue weighted by Gasteiger charge is 2.34. The molecule has 6 nitrogen and oxygen atoms in total. The molecule has 0 N–H and O–H groups in total. The van der Waals surface area contributed by atoms with Gasteiger partial charge < -0.3 is 4.90 Å². The third-order valence-corrected chi connectivity index (χ3v) is 4.84. The number of carbonyl (C=O) groups is 1. The lowest BCUT2D eigenvalue weighted by molar-refractivity contribution is 0.0729. The van der Waals surface area contributed by atoms with E-state index in [1.165, 1.54) is 0 Å². The standard InChI is InChI=1S/C18H21N5O/c1-11-14(10-19)7-8-15(20-11)18(24)23-9-5-6-16(23)17-12(2)21-22(4)13(17)3/h7-8,16H,5-6,9H2,1-4H3. The van der Waals surface area contributed by atoms with Gasteiger partial charge in [0, 0.05) is 24.8 Å². The summed E-state index contributed by atoms with van der Waals surface area (Å²) in [5.74, 6) is -0.0762. The van der Waals surface area contributed by atoms with Gasteiger partial charge in [-0.15, -0.1) is 0 Å². The van der Waals surface area contributed by atoms with E-state index in [4.69, 9.17) is 5.26 Å². The van der Waals surface area contributed by atoms with Crippen LogP contribution in [0.25, 0.3) is 0 Å². The van der Waals surface area contributed by atoms with Crippen molar-refractivity contribution in [2.45, 2.75) is 39.7 Å². The number of hydrogen-bond donors (Lipinski definition) is 0. The van der Waals surface area contributed by atoms with Crippen LogP contribution < -0.4 is 0 Å². The van der Waals surface area contributed by atoms with E-state index in [9.17, 15) is 4.79 Å². The van der Waals surface area contributed by atoms with Crippen LogP contribution in [0, 0.1) is 32.1 Å². The Morgan fingerprint density at radius 2 is 2.04 bits per heavy atom. The molecule has 0 radical (unpaired) electrons. The number of nitrogens with zero attached hydrogens (tertiary/aromatic N) is 5. The van der Waals surface area contributed by atoms with Crippen LogP contribution in [0.5, 0.6) is 0 Å². The summed E-state index contributed by atoms with van der Waals surface area (Å²) in [6.07, 6.45) is 1.91. The first-order valence-corrected chi connectivity index (χ1v) is 8.13. The van der Waals surface area contributed by atoms with Crippen molar-refractivity contribution >= 4 is 5.91 Å². The number of pyridine rings is 1. The highest BCUT2D eigenvalue weighted by molar-refractivity contribution is 5.93. The highest BCUT2D eigenvalue weighted by Crippen LogP contribution is 2.36. The second kappa shape index (κ2) is 6.08. The van der Waals surface area contributed by atoms with E-state index in [-0.39, 0.29) is 11.9 Å². The minimum atomic E-state index is -0.0762. The Morgan fingerprint density at radius 1 is 1.29 bits per heavy atom. The predicted octanol–water partition coefficient (Wildman–Crippen LogP) is 2.59. The summed E-state index contributed by atoms with van der Waals surface area (Å²) in [7, 11) is 1.93. The van der Waals surface area contributed by atoms with E-state index in [0.717, 1.165) is 36.3 Å². The Kier molecular flexibility index (Phi) is 4.10. The molecule has 1 fully saturated rings. The summed E-state index contributed by atoms with van der Waals surface area (Å²) in [4.78, 5) is 19.2. The molecule has 3 heterocycles. The molecule has 0 bridgehead atoms. The molecule has 1 aliphatic rings. The van der Waals surface area contributed by atoms with Crippen molar-refractivity contribution in [3.05, 3.63) is 46.0 Å². The fourth-order valence-corrected chi connectivity index (χ4v) is 3.53. The molecule has 24 heavy (non-hydrogen) atoms. The first kappa shape index (κ1) is 16.2. The van der Waals surface area contributed by atoms with Crippen molar-refractivity contribution < 1.29 is 4.79 Å². The van der Waals surface area contributed by atoms with Gasteiger partial charge in [-0.2, -0.15) is 10.4 Å². The molecule has 6 heteroatoms. The van der Waals surface area contributed by atoms with Crippen LogP contribution in [0.2, 0.25) is 0 Å². The molecular weight excluding hydrogens is 302 g/mol. The number of amides is 1. The van der Waals surface area contributed by atoms with Crippen molar-refractivity contribution in [1.82, 2.24) is 19.7 Å². The fraction of sp³-hybridized carbons (Fsp3) is 0.444. The van der Waals surface area contributed by atoms with Crippen molar-refractivity contribution in [2.75, 3.05) is 6.54 Å². The van der Waals surface area contributed by atoms with Gasteiger partial charge in [-0.1, -0.05) is 0 Å². The lowest BCUT2D eigenvalue weighted by Gasteiger charge is -2.25. The normalized spacial score (nSPS) is 17.1. The lowest BCUT2D eigenvalue weighted by atomic mass is 10.0. The average molecular weight is 323 g/mol. The highest BCUT2D eigenvalue weighted by atomic mass is 16.2. The SMILES string of the molecule is Cc1nc(C(=O)N2CCCC2c2c(C)nn(C)c2C)ccc1C#N. The van der Waals surface area contributed by atoms with E-state index in [1.54, 1.807) is 19.1 Å². The fourth-order valence-electron chi connectivity index (χ4n) is 3.53. The molecular formula is C18H21N5O. The molecule has 1 unspecified atom stereocenters. The van der Waals surface area contributed by atoms with Crippen LogP contribution in [0.15, 0.2) is 12.1 Å². The topological polar surface area (TPSA) is 74.8 Å². The largest absolute Gasteiger partial charge is 0.330 e. The van der Waals surface area contributed by atoms with E-state index in [1.807, 2.05) is 30.5 Å². The monoisotopic (exact) mass is 323 g/mol. The average Bonchev–Trinajstić information content (AvgIpc) is 3.11. The quantitative estimate of drug-likeness (QED) is 0.851. The number of carbonyl (C=O) groups excluding carboxylic acids is 1. The number of aryl methyl sites for hydroxylation is 3. The van der Waals surface area contributed by atoms with Gasteiger partial charge in [-0.25, -0.2) is 4.98 Å². The van der Waals surface area contributed by atoms with E-state index in [0.29, 0.717) is 17.0 Å². The molecule has 1 atom stereocenters. The maximum Gasteiger partial charge on any atom is 0.272 e. The molecule has 3 rings (SSSR count). The van der Waals surface area contributed by atoms with Crippen molar-refractivity contribution in [3.8, 4) is 6.07 Å². The summed E-state index contributed by atoms with van der Waals surface area (Å²) < 4.78 is 1.87. The summed E-state index contributed by atoms with van der Waals surface area (Å²) in [6.45, 7) is 6.51. The minimum absolute atomic E-state index is 0.0453. The zero-order valence-corrected chi connectivity index (χ0v) is 14.5. The maximum absolute atomic E-state index is 13.0. The van der Waals surface area contributed by atoms with Gasteiger partial charge in [0.2, 0.25) is 0 Å². The Hall–Kier alpha value is -2.68. The van der Waals surface area contributed by atoms with Gasteiger partial charge in [0.25, 0.3) is 5.91 Å². The number of hydrogen-bond acceptors (Lipinski definition) is 4. The molecule has 2 aromatic rings. The molecule has 1 amide bonds. The first-order chi connectivity index (χ1) is 11.4. The molecule has 0 saturated carbocycles. The number of nitriles is 1. The second-order valence-corrected chi connectivity index (χ2v) is 6.31. The summed E-state index contributed by atoms with van der Waals surface area (Å²) in [6, 6.07) is 5.44.